The van der Waals surface area contributed by atoms with E-state index in [9.17, 15) is 8.78 Å². The van der Waals surface area contributed by atoms with Gasteiger partial charge >= 0.3 is 0 Å². The predicted octanol–water partition coefficient (Wildman–Crippen LogP) is 5.58. The third kappa shape index (κ3) is 6.14. The summed E-state index contributed by atoms with van der Waals surface area (Å²) in [5, 5.41) is -0.183. The molecule has 0 amide bonds. The third-order valence-electron chi connectivity index (χ3n) is 6.95. The van der Waals surface area contributed by atoms with Gasteiger partial charge in [0.15, 0.2) is 5.82 Å². The first kappa shape index (κ1) is 26.1. The summed E-state index contributed by atoms with van der Waals surface area (Å²) < 4.78 is 27.9. The van der Waals surface area contributed by atoms with Crippen molar-refractivity contribution in [1.29, 1.82) is 0 Å². The van der Waals surface area contributed by atoms with Crippen LogP contribution >= 0.6 is 11.6 Å². The predicted molar refractivity (Wildman–Crippen MR) is 145 cm³/mol. The van der Waals surface area contributed by atoms with Gasteiger partial charge in [0.1, 0.15) is 17.5 Å². The molecule has 0 unspecified atom stereocenters. The lowest BCUT2D eigenvalue weighted by Crippen LogP contribution is -2.41. The maximum Gasteiger partial charge on any atom is 0.162 e. The summed E-state index contributed by atoms with van der Waals surface area (Å²) in [6, 6.07) is 14.8. The van der Waals surface area contributed by atoms with Crippen LogP contribution in [0.2, 0.25) is 5.02 Å². The second kappa shape index (κ2) is 11.5. The molecule has 0 spiro atoms. The van der Waals surface area contributed by atoms with Crippen LogP contribution in [-0.2, 0) is 12.8 Å². The van der Waals surface area contributed by atoms with Crippen molar-refractivity contribution < 1.29 is 8.78 Å². The smallest absolute Gasteiger partial charge is 0.162 e. The second-order valence-corrected chi connectivity index (χ2v) is 10.2. The number of halogens is 3. The molecule has 4 aromatic rings. The van der Waals surface area contributed by atoms with E-state index < -0.39 is 11.6 Å². The highest BCUT2D eigenvalue weighted by molar-refractivity contribution is 6.31. The first-order chi connectivity index (χ1) is 18.4. The fourth-order valence-electron chi connectivity index (χ4n) is 4.78. The molecule has 6 nitrogen and oxygen atoms in total. The minimum Gasteiger partial charge on any atom is -0.371 e. The molecule has 3 heterocycles. The molecule has 9 heteroatoms. The minimum absolute atomic E-state index is 0.0483. The Hall–Kier alpha value is -3.49. The van der Waals surface area contributed by atoms with E-state index in [1.165, 1.54) is 24.6 Å². The molecule has 5 rings (SSSR count). The van der Waals surface area contributed by atoms with Crippen molar-refractivity contribution in [1.82, 2.24) is 24.8 Å². The van der Waals surface area contributed by atoms with Crippen molar-refractivity contribution in [2.45, 2.75) is 31.7 Å². The average molecular weight is 535 g/mol. The molecule has 196 valence electrons. The van der Waals surface area contributed by atoms with Gasteiger partial charge in [-0.05, 0) is 62.8 Å². The van der Waals surface area contributed by atoms with Crippen LogP contribution in [0.5, 0.6) is 0 Å². The molecule has 1 saturated heterocycles. The van der Waals surface area contributed by atoms with Crippen molar-refractivity contribution in [2.75, 3.05) is 32.1 Å². The van der Waals surface area contributed by atoms with E-state index in [1.54, 1.807) is 18.5 Å². The van der Waals surface area contributed by atoms with Gasteiger partial charge in [0.2, 0.25) is 0 Å². The lowest BCUT2D eigenvalue weighted by molar-refractivity contribution is 0.249. The molecule has 38 heavy (non-hydrogen) atoms. The Balaban J connectivity index is 1.25. The van der Waals surface area contributed by atoms with Crippen molar-refractivity contribution in [3.63, 3.8) is 0 Å². The Morgan fingerprint density at radius 2 is 1.55 bits per heavy atom. The molecule has 0 bridgehead atoms. The molecule has 1 aliphatic heterocycles. The Kier molecular flexibility index (Phi) is 7.90. The third-order valence-corrected chi connectivity index (χ3v) is 7.24. The van der Waals surface area contributed by atoms with Crippen molar-refractivity contribution in [3.8, 4) is 11.4 Å². The van der Waals surface area contributed by atoms with Crippen LogP contribution in [-0.4, -0.2) is 58.1 Å². The Morgan fingerprint density at radius 3 is 2.26 bits per heavy atom. The van der Waals surface area contributed by atoms with Crippen LogP contribution in [0, 0.1) is 11.6 Å². The van der Waals surface area contributed by atoms with E-state index in [2.05, 4.69) is 63.1 Å². The van der Waals surface area contributed by atoms with Crippen LogP contribution in [0.4, 0.5) is 14.5 Å². The fourth-order valence-corrected chi connectivity index (χ4v) is 4.94. The number of hydrogen-bond donors (Lipinski definition) is 0. The van der Waals surface area contributed by atoms with Gasteiger partial charge in [-0.1, -0.05) is 23.7 Å². The molecular formula is C29H29ClF2N6. The van der Waals surface area contributed by atoms with Gasteiger partial charge in [-0.3, -0.25) is 0 Å². The van der Waals surface area contributed by atoms with Gasteiger partial charge in [0, 0.05) is 56.1 Å². The van der Waals surface area contributed by atoms with E-state index in [1.807, 2.05) is 6.07 Å². The van der Waals surface area contributed by atoms with E-state index in [0.717, 1.165) is 30.4 Å². The second-order valence-electron chi connectivity index (χ2n) is 9.78. The standard InChI is InChI=1S/C29H29ClF2N6/c1-37(2)22-9-13-38(14-10-22)23-5-3-19(4-6-23)15-28-33-11-7-20(35-28)16-21-8-12-34-29(36-21)24-17-25(30)27(32)18-26(24)31/h3-8,11-12,17-18,22H,9-10,13-16H2,1-2H3. The highest BCUT2D eigenvalue weighted by Crippen LogP contribution is 2.26. The topological polar surface area (TPSA) is 58.0 Å². The van der Waals surface area contributed by atoms with Gasteiger partial charge in [-0.2, -0.15) is 0 Å². The number of aromatic nitrogens is 4. The van der Waals surface area contributed by atoms with Gasteiger partial charge in [-0.15, -0.1) is 0 Å². The molecule has 2 aromatic heterocycles. The molecule has 0 N–H and O–H groups in total. The Morgan fingerprint density at radius 1 is 0.868 bits per heavy atom. The van der Waals surface area contributed by atoms with Crippen molar-refractivity contribution >= 4 is 17.3 Å². The van der Waals surface area contributed by atoms with Gasteiger partial charge in [-0.25, -0.2) is 28.7 Å². The molecular weight excluding hydrogens is 506 g/mol. The van der Waals surface area contributed by atoms with Crippen LogP contribution in [0.25, 0.3) is 11.4 Å². The maximum atomic E-state index is 14.3. The molecule has 2 aromatic carbocycles. The first-order valence-corrected chi connectivity index (χ1v) is 13.0. The van der Waals surface area contributed by atoms with Crippen LogP contribution in [0.1, 0.15) is 35.6 Å². The molecule has 0 saturated carbocycles. The maximum absolute atomic E-state index is 14.3. The number of piperidine rings is 1. The summed E-state index contributed by atoms with van der Waals surface area (Å²) in [5.74, 6) is -0.732. The van der Waals surface area contributed by atoms with E-state index in [0.29, 0.717) is 30.4 Å². The Bertz CT molecular complexity index is 1400. The first-order valence-electron chi connectivity index (χ1n) is 12.6. The largest absolute Gasteiger partial charge is 0.371 e. The lowest BCUT2D eigenvalue weighted by atomic mass is 10.0. The minimum atomic E-state index is -0.822. The van der Waals surface area contributed by atoms with E-state index in [-0.39, 0.29) is 16.4 Å². The van der Waals surface area contributed by atoms with Crippen molar-refractivity contribution in [3.05, 3.63) is 100 Å². The fraction of sp³-hybridized carbons (Fsp3) is 0.310. The number of hydrogen-bond acceptors (Lipinski definition) is 6. The lowest BCUT2D eigenvalue weighted by Gasteiger charge is -2.36. The zero-order valence-electron chi connectivity index (χ0n) is 21.4. The molecule has 0 aliphatic carbocycles. The highest BCUT2D eigenvalue weighted by atomic mass is 35.5. The number of anilines is 1. The molecule has 1 fully saturated rings. The van der Waals surface area contributed by atoms with Crippen LogP contribution in [0.3, 0.4) is 0 Å². The summed E-state index contributed by atoms with van der Waals surface area (Å²) >= 11 is 5.83. The number of benzene rings is 2. The van der Waals surface area contributed by atoms with Gasteiger partial charge in [0.25, 0.3) is 0 Å². The van der Waals surface area contributed by atoms with Gasteiger partial charge < -0.3 is 9.80 Å². The van der Waals surface area contributed by atoms with E-state index in [4.69, 9.17) is 16.6 Å². The Labute approximate surface area is 226 Å². The monoisotopic (exact) mass is 534 g/mol. The number of rotatable bonds is 7. The van der Waals surface area contributed by atoms with E-state index >= 15 is 0 Å². The van der Waals surface area contributed by atoms with Gasteiger partial charge in [0.05, 0.1) is 22.0 Å². The van der Waals surface area contributed by atoms with Crippen LogP contribution < -0.4 is 4.90 Å². The van der Waals surface area contributed by atoms with Crippen molar-refractivity contribution in [2.24, 2.45) is 0 Å². The molecule has 0 radical (unpaired) electrons. The molecule has 1 aliphatic rings. The summed E-state index contributed by atoms with van der Waals surface area (Å²) in [6.07, 6.45) is 6.67. The summed E-state index contributed by atoms with van der Waals surface area (Å²) in [7, 11) is 4.31. The quantitative estimate of drug-likeness (QED) is 0.289. The SMILES string of the molecule is CN(C)C1CCN(c2ccc(Cc3nccc(Cc4ccnc(-c5cc(Cl)c(F)cc5F)n4)n3)cc2)CC1. The zero-order chi connectivity index (χ0) is 26.6. The summed E-state index contributed by atoms with van der Waals surface area (Å²) in [6.45, 7) is 2.14. The number of nitrogens with zero attached hydrogens (tertiary/aromatic N) is 6. The molecule has 0 atom stereocenters. The normalized spacial score (nSPS) is 14.3. The highest BCUT2D eigenvalue weighted by Gasteiger charge is 2.20. The zero-order valence-corrected chi connectivity index (χ0v) is 22.2. The summed E-state index contributed by atoms with van der Waals surface area (Å²) in [4.78, 5) is 22.5. The summed E-state index contributed by atoms with van der Waals surface area (Å²) in [5.41, 5.74) is 3.88. The van der Waals surface area contributed by atoms with Crippen LogP contribution in [0.15, 0.2) is 60.9 Å². The average Bonchev–Trinajstić information content (AvgIpc) is 2.92.